The van der Waals surface area contributed by atoms with Crippen molar-refractivity contribution in [3.63, 3.8) is 0 Å². The summed E-state index contributed by atoms with van der Waals surface area (Å²) in [7, 11) is 0. The third-order valence-corrected chi connectivity index (χ3v) is 12.7. The third kappa shape index (κ3) is 5.43. The molecular weight excluding hydrogens is 739 g/mol. The van der Waals surface area contributed by atoms with Crippen molar-refractivity contribution in [3.8, 4) is 33.4 Å². The van der Waals surface area contributed by atoms with Crippen molar-refractivity contribution in [3.05, 3.63) is 259 Å². The van der Waals surface area contributed by atoms with Crippen molar-refractivity contribution in [1.29, 1.82) is 0 Å². The molecule has 0 spiro atoms. The summed E-state index contributed by atoms with van der Waals surface area (Å²) >= 11 is 0. The molecule has 12 rings (SSSR count). The van der Waals surface area contributed by atoms with Gasteiger partial charge in [0, 0.05) is 33.1 Å². The lowest BCUT2D eigenvalue weighted by atomic mass is 9.67. The number of hydrogen-bond acceptors (Lipinski definition) is 2. The zero-order chi connectivity index (χ0) is 40.3. The number of anilines is 3. The van der Waals surface area contributed by atoms with E-state index in [1.165, 1.54) is 38.9 Å². The van der Waals surface area contributed by atoms with Gasteiger partial charge in [-0.2, -0.15) is 0 Å². The van der Waals surface area contributed by atoms with Crippen molar-refractivity contribution < 1.29 is 4.42 Å². The first-order valence-electron chi connectivity index (χ1n) is 21.0. The predicted molar refractivity (Wildman–Crippen MR) is 254 cm³/mol. The quantitative estimate of drug-likeness (QED) is 0.160. The van der Waals surface area contributed by atoms with Crippen LogP contribution in [0.5, 0.6) is 0 Å². The number of fused-ring (bicyclic) bond motifs is 8. The SMILES string of the molecule is c1ccc(-c2ccc(N(c3ccc4c(c3)C(c3ccccc3)(c3ccccc3)c3ccccc3-4)c3c(-c4ccccc4)ccc4c3oc3c5ccccc5ccc43)cc2)cc1. The highest BCUT2D eigenvalue weighted by Gasteiger charge is 2.46. The molecule has 0 radical (unpaired) electrons. The Morgan fingerprint density at radius 3 is 1.57 bits per heavy atom. The second-order valence-corrected chi connectivity index (χ2v) is 16.0. The summed E-state index contributed by atoms with van der Waals surface area (Å²) in [4.78, 5) is 2.44. The molecular formula is C59H39NO. The highest BCUT2D eigenvalue weighted by atomic mass is 16.3. The van der Waals surface area contributed by atoms with E-state index >= 15 is 0 Å². The minimum absolute atomic E-state index is 0.556. The van der Waals surface area contributed by atoms with Crippen LogP contribution < -0.4 is 4.90 Å². The van der Waals surface area contributed by atoms with Crippen molar-refractivity contribution in [2.45, 2.75) is 5.41 Å². The molecule has 11 aromatic rings. The predicted octanol–water partition coefficient (Wildman–Crippen LogP) is 15.9. The van der Waals surface area contributed by atoms with Gasteiger partial charge in [-0.25, -0.2) is 0 Å². The van der Waals surface area contributed by atoms with Crippen LogP contribution in [0.4, 0.5) is 17.1 Å². The van der Waals surface area contributed by atoms with E-state index in [2.05, 4.69) is 241 Å². The Morgan fingerprint density at radius 1 is 0.328 bits per heavy atom. The van der Waals surface area contributed by atoms with Crippen LogP contribution >= 0.6 is 0 Å². The first-order chi connectivity index (χ1) is 30.3. The summed E-state index contributed by atoms with van der Waals surface area (Å²) in [5.41, 5.74) is 16.3. The number of hydrogen-bond donors (Lipinski definition) is 0. The Kier molecular flexibility index (Phi) is 8.11. The zero-order valence-electron chi connectivity index (χ0n) is 33.4. The van der Waals surface area contributed by atoms with Crippen LogP contribution in [0.15, 0.2) is 241 Å². The second kappa shape index (κ2) is 14.1. The second-order valence-electron chi connectivity index (χ2n) is 16.0. The number of nitrogens with zero attached hydrogens (tertiary/aromatic N) is 1. The normalized spacial score (nSPS) is 12.7. The van der Waals surface area contributed by atoms with Crippen molar-refractivity contribution in [1.82, 2.24) is 0 Å². The maximum Gasteiger partial charge on any atom is 0.160 e. The molecule has 1 aliphatic carbocycles. The molecule has 0 saturated heterocycles. The first-order valence-corrected chi connectivity index (χ1v) is 21.0. The Balaban J connectivity index is 1.19. The molecule has 0 amide bonds. The van der Waals surface area contributed by atoms with Crippen LogP contribution in [0.3, 0.4) is 0 Å². The van der Waals surface area contributed by atoms with Crippen molar-refractivity contribution >= 4 is 49.8 Å². The van der Waals surface area contributed by atoms with Gasteiger partial charge in [0.1, 0.15) is 5.58 Å². The fourth-order valence-corrected chi connectivity index (χ4v) is 10.0. The molecule has 2 nitrogen and oxygen atoms in total. The highest BCUT2D eigenvalue weighted by Crippen LogP contribution is 2.58. The first kappa shape index (κ1) is 35.0. The van der Waals surface area contributed by atoms with E-state index in [-0.39, 0.29) is 0 Å². The Morgan fingerprint density at radius 2 is 0.852 bits per heavy atom. The van der Waals surface area contributed by atoms with Gasteiger partial charge < -0.3 is 9.32 Å². The fourth-order valence-electron chi connectivity index (χ4n) is 10.0. The number of rotatable bonds is 7. The van der Waals surface area contributed by atoms with Gasteiger partial charge in [-0.3, -0.25) is 0 Å². The monoisotopic (exact) mass is 777 g/mol. The van der Waals surface area contributed by atoms with Crippen LogP contribution in [-0.4, -0.2) is 0 Å². The molecule has 0 aliphatic heterocycles. The highest BCUT2D eigenvalue weighted by molar-refractivity contribution is 6.19. The third-order valence-electron chi connectivity index (χ3n) is 12.7. The maximum absolute atomic E-state index is 7.26. The summed E-state index contributed by atoms with van der Waals surface area (Å²) < 4.78 is 7.26. The molecule has 1 aliphatic rings. The van der Waals surface area contributed by atoms with E-state index in [0.29, 0.717) is 0 Å². The van der Waals surface area contributed by atoms with Gasteiger partial charge in [0.05, 0.1) is 11.1 Å². The number of furan rings is 1. The van der Waals surface area contributed by atoms with E-state index in [4.69, 9.17) is 4.42 Å². The molecule has 1 aromatic heterocycles. The van der Waals surface area contributed by atoms with E-state index < -0.39 is 5.41 Å². The van der Waals surface area contributed by atoms with Gasteiger partial charge in [0.2, 0.25) is 0 Å². The molecule has 0 N–H and O–H groups in total. The lowest BCUT2D eigenvalue weighted by molar-refractivity contribution is 0.673. The van der Waals surface area contributed by atoms with Gasteiger partial charge in [-0.1, -0.05) is 200 Å². The van der Waals surface area contributed by atoms with Crippen LogP contribution in [0.25, 0.3) is 66.1 Å². The maximum atomic E-state index is 7.26. The summed E-state index contributed by atoms with van der Waals surface area (Å²) in [6.45, 7) is 0. The topological polar surface area (TPSA) is 16.4 Å². The van der Waals surface area contributed by atoms with E-state index in [9.17, 15) is 0 Å². The van der Waals surface area contributed by atoms with E-state index in [0.717, 1.165) is 66.5 Å². The molecule has 2 heteroatoms. The summed E-state index contributed by atoms with van der Waals surface area (Å²) in [6, 6.07) is 85.9. The van der Waals surface area contributed by atoms with Gasteiger partial charge >= 0.3 is 0 Å². The average molecular weight is 778 g/mol. The lowest BCUT2D eigenvalue weighted by Gasteiger charge is -2.35. The van der Waals surface area contributed by atoms with E-state index in [1.807, 2.05) is 0 Å². The van der Waals surface area contributed by atoms with Crippen molar-refractivity contribution in [2.24, 2.45) is 0 Å². The summed E-state index contributed by atoms with van der Waals surface area (Å²) in [5, 5.41) is 4.44. The van der Waals surface area contributed by atoms with Gasteiger partial charge in [0.25, 0.3) is 0 Å². The molecule has 0 unspecified atom stereocenters. The average Bonchev–Trinajstić information content (AvgIpc) is 3.87. The molecule has 0 fully saturated rings. The summed E-state index contributed by atoms with van der Waals surface area (Å²) in [5.74, 6) is 0. The molecule has 286 valence electrons. The molecule has 1 heterocycles. The molecule has 0 saturated carbocycles. The fraction of sp³-hybridized carbons (Fsp3) is 0.0169. The van der Waals surface area contributed by atoms with E-state index in [1.54, 1.807) is 0 Å². The zero-order valence-corrected chi connectivity index (χ0v) is 33.4. The van der Waals surface area contributed by atoms with Gasteiger partial charge in [-0.15, -0.1) is 0 Å². The smallest absolute Gasteiger partial charge is 0.160 e. The Hall–Kier alpha value is -7.94. The summed E-state index contributed by atoms with van der Waals surface area (Å²) in [6.07, 6.45) is 0. The molecule has 0 bridgehead atoms. The van der Waals surface area contributed by atoms with Crippen LogP contribution in [0.2, 0.25) is 0 Å². The largest absolute Gasteiger partial charge is 0.453 e. The number of benzene rings is 10. The Bertz CT molecular complexity index is 3350. The van der Waals surface area contributed by atoms with Crippen molar-refractivity contribution in [2.75, 3.05) is 4.90 Å². The molecule has 0 atom stereocenters. The van der Waals surface area contributed by atoms with Crippen LogP contribution in [0.1, 0.15) is 22.3 Å². The molecule has 10 aromatic carbocycles. The lowest BCUT2D eigenvalue weighted by Crippen LogP contribution is -2.28. The minimum atomic E-state index is -0.556. The van der Waals surface area contributed by atoms with Crippen LogP contribution in [0, 0.1) is 0 Å². The molecule has 61 heavy (non-hydrogen) atoms. The standard InChI is InChI=1S/C59H39NO/c1-5-17-40(18-6-1)41-29-32-46(33-30-41)60(56-48(42-19-7-2-8-20-42)37-38-53-52-35-31-43-21-13-14-26-49(43)57(52)61-58(53)56)47-34-36-51-50-27-15-16-28-54(50)59(55(51)39-47,44-22-9-3-10-23-44)45-24-11-4-12-25-45/h1-39H. The van der Waals surface area contributed by atoms with Crippen LogP contribution in [-0.2, 0) is 5.41 Å². The minimum Gasteiger partial charge on any atom is -0.453 e. The van der Waals surface area contributed by atoms with Gasteiger partial charge in [0.15, 0.2) is 5.58 Å². The van der Waals surface area contributed by atoms with Gasteiger partial charge in [-0.05, 0) is 91.9 Å². The Labute approximate surface area is 355 Å².